The first-order valence-corrected chi connectivity index (χ1v) is 6.53. The molecule has 1 aromatic rings. The van der Waals surface area contributed by atoms with Crippen LogP contribution in [0.3, 0.4) is 0 Å². The molecular weight excluding hydrogens is 231 g/mol. The summed E-state index contributed by atoms with van der Waals surface area (Å²) < 4.78 is 13.3. The Labute approximate surface area is 107 Å². The molecule has 4 heteroatoms. The maximum Gasteiger partial charge on any atom is 0.224 e. The summed E-state index contributed by atoms with van der Waals surface area (Å²) in [5.41, 5.74) is 0.263. The van der Waals surface area contributed by atoms with Crippen molar-refractivity contribution in [3.8, 4) is 0 Å². The van der Waals surface area contributed by atoms with E-state index >= 15 is 0 Å². The molecular formula is C14H19FN2O. The molecule has 3 nitrogen and oxygen atoms in total. The molecule has 0 spiro atoms. The zero-order chi connectivity index (χ0) is 12.8. The van der Waals surface area contributed by atoms with E-state index in [4.69, 9.17) is 0 Å². The Balaban J connectivity index is 1.76. The summed E-state index contributed by atoms with van der Waals surface area (Å²) >= 11 is 0. The molecule has 1 aromatic carbocycles. The lowest BCUT2D eigenvalue weighted by molar-refractivity contribution is -0.116. The van der Waals surface area contributed by atoms with Gasteiger partial charge in [-0.25, -0.2) is 4.39 Å². The molecule has 2 rings (SSSR count). The first-order chi connectivity index (χ1) is 8.75. The van der Waals surface area contributed by atoms with Crippen LogP contribution in [-0.2, 0) is 4.79 Å². The number of anilines is 1. The van der Waals surface area contributed by atoms with Gasteiger partial charge < -0.3 is 10.6 Å². The molecule has 1 aliphatic rings. The summed E-state index contributed by atoms with van der Waals surface area (Å²) in [6.45, 7) is 1.04. The second-order valence-electron chi connectivity index (χ2n) is 4.71. The number of nitrogens with one attached hydrogen (secondary N) is 2. The molecule has 1 fully saturated rings. The zero-order valence-corrected chi connectivity index (χ0v) is 10.4. The van der Waals surface area contributed by atoms with Crippen LogP contribution >= 0.6 is 0 Å². The van der Waals surface area contributed by atoms with Crippen LogP contribution in [0.15, 0.2) is 24.3 Å². The van der Waals surface area contributed by atoms with Gasteiger partial charge in [0.05, 0.1) is 5.69 Å². The lowest BCUT2D eigenvalue weighted by Crippen LogP contribution is -2.34. The first-order valence-electron chi connectivity index (χ1n) is 6.53. The van der Waals surface area contributed by atoms with Crippen LogP contribution in [0.25, 0.3) is 0 Å². The Morgan fingerprint density at radius 3 is 2.94 bits per heavy atom. The second-order valence-corrected chi connectivity index (χ2v) is 4.71. The van der Waals surface area contributed by atoms with Crippen molar-refractivity contribution >= 4 is 11.6 Å². The Morgan fingerprint density at radius 1 is 1.39 bits per heavy atom. The van der Waals surface area contributed by atoms with E-state index in [0.717, 1.165) is 19.4 Å². The third kappa shape index (κ3) is 3.81. The van der Waals surface area contributed by atoms with Crippen LogP contribution in [0.1, 0.15) is 32.1 Å². The van der Waals surface area contributed by atoms with E-state index in [1.165, 1.54) is 18.9 Å². The summed E-state index contributed by atoms with van der Waals surface area (Å²) in [5.74, 6) is -0.505. The molecule has 1 unspecified atom stereocenters. The number of para-hydroxylation sites is 1. The Bertz CT molecular complexity index is 403. The Kier molecular flexibility index (Phi) is 4.70. The minimum absolute atomic E-state index is 0.118. The normalized spacial score (nSPS) is 19.5. The van der Waals surface area contributed by atoms with Crippen LogP contribution in [0.2, 0.25) is 0 Å². The highest BCUT2D eigenvalue weighted by Crippen LogP contribution is 2.15. The smallest absolute Gasteiger partial charge is 0.224 e. The van der Waals surface area contributed by atoms with Gasteiger partial charge in [-0.3, -0.25) is 4.79 Å². The molecule has 0 aromatic heterocycles. The van der Waals surface area contributed by atoms with Crippen LogP contribution in [0.5, 0.6) is 0 Å². The predicted octanol–water partition coefficient (Wildman–Crippen LogP) is 2.69. The summed E-state index contributed by atoms with van der Waals surface area (Å²) in [6.07, 6.45) is 4.84. The van der Waals surface area contributed by atoms with Crippen LogP contribution in [0.4, 0.5) is 10.1 Å². The second kappa shape index (κ2) is 6.50. The van der Waals surface area contributed by atoms with Crippen molar-refractivity contribution in [2.75, 3.05) is 11.9 Å². The quantitative estimate of drug-likeness (QED) is 0.862. The van der Waals surface area contributed by atoms with Crippen molar-refractivity contribution in [3.05, 3.63) is 30.1 Å². The number of carbonyl (C=O) groups excluding carboxylic acids is 1. The number of hydrogen-bond donors (Lipinski definition) is 2. The number of amides is 1. The van der Waals surface area contributed by atoms with Crippen molar-refractivity contribution in [2.24, 2.45) is 0 Å². The maximum absolute atomic E-state index is 13.3. The molecule has 1 atom stereocenters. The largest absolute Gasteiger partial charge is 0.324 e. The SMILES string of the molecule is O=C(CCC1CCCCN1)Nc1ccccc1F. The Morgan fingerprint density at radius 2 is 2.22 bits per heavy atom. The maximum atomic E-state index is 13.3. The fourth-order valence-electron chi connectivity index (χ4n) is 2.25. The highest BCUT2D eigenvalue weighted by Gasteiger charge is 2.14. The number of hydrogen-bond acceptors (Lipinski definition) is 2. The van der Waals surface area contributed by atoms with Gasteiger partial charge in [0.1, 0.15) is 5.82 Å². The molecule has 0 radical (unpaired) electrons. The number of benzene rings is 1. The highest BCUT2D eigenvalue weighted by molar-refractivity contribution is 5.90. The summed E-state index contributed by atoms with van der Waals surface area (Å²) in [4.78, 5) is 11.7. The van der Waals surface area contributed by atoms with Crippen LogP contribution in [0, 0.1) is 5.82 Å². The number of rotatable bonds is 4. The van der Waals surface area contributed by atoms with Gasteiger partial charge in [-0.15, -0.1) is 0 Å². The van der Waals surface area contributed by atoms with Gasteiger partial charge in [0, 0.05) is 12.5 Å². The van der Waals surface area contributed by atoms with Gasteiger partial charge in [0.15, 0.2) is 0 Å². The van der Waals surface area contributed by atoms with Gasteiger partial charge in [0.25, 0.3) is 0 Å². The fraction of sp³-hybridized carbons (Fsp3) is 0.500. The van der Waals surface area contributed by atoms with Gasteiger partial charge in [-0.05, 0) is 37.9 Å². The van der Waals surface area contributed by atoms with E-state index in [9.17, 15) is 9.18 Å². The number of carbonyl (C=O) groups is 1. The lowest BCUT2D eigenvalue weighted by Gasteiger charge is -2.23. The molecule has 0 saturated carbocycles. The fourth-order valence-corrected chi connectivity index (χ4v) is 2.25. The summed E-state index contributed by atoms with van der Waals surface area (Å²) in [7, 11) is 0. The van der Waals surface area contributed by atoms with Crippen molar-refractivity contribution in [1.82, 2.24) is 5.32 Å². The molecule has 1 saturated heterocycles. The lowest BCUT2D eigenvalue weighted by atomic mass is 10.0. The van der Waals surface area contributed by atoms with E-state index in [1.807, 2.05) is 0 Å². The minimum Gasteiger partial charge on any atom is -0.324 e. The molecule has 98 valence electrons. The molecule has 2 N–H and O–H groups in total. The van der Waals surface area contributed by atoms with Crippen LogP contribution in [-0.4, -0.2) is 18.5 Å². The van der Waals surface area contributed by atoms with Gasteiger partial charge >= 0.3 is 0 Å². The van der Waals surface area contributed by atoms with E-state index < -0.39 is 0 Å². The molecule has 1 heterocycles. The molecule has 0 aliphatic carbocycles. The van der Waals surface area contributed by atoms with E-state index in [-0.39, 0.29) is 17.4 Å². The van der Waals surface area contributed by atoms with E-state index in [2.05, 4.69) is 10.6 Å². The predicted molar refractivity (Wildman–Crippen MR) is 69.9 cm³/mol. The number of piperidine rings is 1. The average molecular weight is 250 g/mol. The van der Waals surface area contributed by atoms with Gasteiger partial charge in [-0.1, -0.05) is 18.6 Å². The Hall–Kier alpha value is -1.42. The van der Waals surface area contributed by atoms with Crippen molar-refractivity contribution in [3.63, 3.8) is 0 Å². The highest BCUT2D eigenvalue weighted by atomic mass is 19.1. The number of halogens is 1. The zero-order valence-electron chi connectivity index (χ0n) is 10.4. The average Bonchev–Trinajstić information content (AvgIpc) is 2.40. The summed E-state index contributed by atoms with van der Waals surface area (Å²) in [6, 6.07) is 6.67. The van der Waals surface area contributed by atoms with Crippen molar-refractivity contribution < 1.29 is 9.18 Å². The van der Waals surface area contributed by atoms with Gasteiger partial charge in [0.2, 0.25) is 5.91 Å². The molecule has 0 bridgehead atoms. The molecule has 18 heavy (non-hydrogen) atoms. The van der Waals surface area contributed by atoms with E-state index in [0.29, 0.717) is 12.5 Å². The monoisotopic (exact) mass is 250 g/mol. The topological polar surface area (TPSA) is 41.1 Å². The molecule has 1 aliphatic heterocycles. The minimum atomic E-state index is -0.387. The van der Waals surface area contributed by atoms with E-state index in [1.54, 1.807) is 18.2 Å². The third-order valence-corrected chi connectivity index (χ3v) is 3.28. The van der Waals surface area contributed by atoms with Crippen LogP contribution < -0.4 is 10.6 Å². The first kappa shape index (κ1) is 13.0. The standard InChI is InChI=1S/C14H19FN2O/c15-12-6-1-2-7-13(12)17-14(18)9-8-11-5-3-4-10-16-11/h1-2,6-7,11,16H,3-5,8-10H2,(H,17,18). The van der Waals surface area contributed by atoms with Crippen molar-refractivity contribution in [1.29, 1.82) is 0 Å². The third-order valence-electron chi connectivity index (χ3n) is 3.28. The molecule has 1 amide bonds. The van der Waals surface area contributed by atoms with Gasteiger partial charge in [-0.2, -0.15) is 0 Å². The van der Waals surface area contributed by atoms with Crippen molar-refractivity contribution in [2.45, 2.75) is 38.1 Å². The summed E-state index contributed by atoms with van der Waals surface area (Å²) in [5, 5.41) is 6.00.